The molecule has 0 saturated heterocycles. The number of ether oxygens (including phenoxy) is 1. The van der Waals surface area contributed by atoms with Crippen molar-refractivity contribution in [2.75, 3.05) is 18.6 Å². The molecule has 2 aromatic rings. The van der Waals surface area contributed by atoms with E-state index in [1.54, 1.807) is 25.3 Å². The number of hydrogen-bond donors (Lipinski definition) is 3. The number of benzene rings is 2. The first-order valence-electron chi connectivity index (χ1n) is 6.15. The van der Waals surface area contributed by atoms with Gasteiger partial charge in [-0.05, 0) is 35.9 Å². The first-order chi connectivity index (χ1) is 9.58. The second kappa shape index (κ2) is 5.97. The Kier molecular flexibility index (Phi) is 4.10. The van der Waals surface area contributed by atoms with E-state index in [1.807, 2.05) is 24.3 Å². The third-order valence-corrected chi connectivity index (χ3v) is 2.85. The smallest absolute Gasteiger partial charge is 0.251 e. The number of nitrogens with two attached hydrogens (primary N) is 2. The van der Waals surface area contributed by atoms with Crippen LogP contribution in [0.25, 0.3) is 0 Å². The van der Waals surface area contributed by atoms with Crippen LogP contribution in [0.4, 0.5) is 11.4 Å². The summed E-state index contributed by atoms with van der Waals surface area (Å²) in [6.07, 6.45) is 0. The summed E-state index contributed by atoms with van der Waals surface area (Å²) in [7, 11) is 1.61. The Morgan fingerprint density at radius 2 is 1.70 bits per heavy atom. The van der Waals surface area contributed by atoms with Crippen LogP contribution >= 0.6 is 0 Å². The molecule has 0 aromatic heterocycles. The molecule has 0 radical (unpaired) electrons. The van der Waals surface area contributed by atoms with E-state index in [0.29, 0.717) is 23.5 Å². The fourth-order valence-electron chi connectivity index (χ4n) is 1.84. The molecule has 0 fully saturated rings. The maximum Gasteiger partial charge on any atom is 0.251 e. The highest BCUT2D eigenvalue weighted by Gasteiger charge is 2.07. The molecule has 0 bridgehead atoms. The molecule has 0 unspecified atom stereocenters. The van der Waals surface area contributed by atoms with Crippen molar-refractivity contribution in [2.45, 2.75) is 6.54 Å². The van der Waals surface area contributed by atoms with Crippen LogP contribution in [-0.4, -0.2) is 13.0 Å². The van der Waals surface area contributed by atoms with Gasteiger partial charge in [0.2, 0.25) is 0 Å². The molecule has 5 heteroatoms. The van der Waals surface area contributed by atoms with E-state index < -0.39 is 0 Å². The second-order valence-electron chi connectivity index (χ2n) is 4.42. The van der Waals surface area contributed by atoms with E-state index in [9.17, 15) is 4.79 Å². The number of rotatable bonds is 4. The lowest BCUT2D eigenvalue weighted by atomic mass is 10.1. The zero-order valence-corrected chi connectivity index (χ0v) is 11.2. The maximum absolute atomic E-state index is 12.0. The largest absolute Gasteiger partial charge is 0.497 e. The van der Waals surface area contributed by atoms with Crippen molar-refractivity contribution in [1.82, 2.24) is 5.32 Å². The second-order valence-corrected chi connectivity index (χ2v) is 4.42. The van der Waals surface area contributed by atoms with Crippen molar-refractivity contribution < 1.29 is 9.53 Å². The highest BCUT2D eigenvalue weighted by atomic mass is 16.5. The lowest BCUT2D eigenvalue weighted by Gasteiger charge is -2.08. The summed E-state index contributed by atoms with van der Waals surface area (Å²) in [4.78, 5) is 12.0. The van der Waals surface area contributed by atoms with E-state index in [2.05, 4.69) is 5.32 Å². The summed E-state index contributed by atoms with van der Waals surface area (Å²) in [6, 6.07) is 12.3. The minimum Gasteiger partial charge on any atom is -0.497 e. The van der Waals surface area contributed by atoms with E-state index in [-0.39, 0.29) is 5.91 Å². The predicted molar refractivity (Wildman–Crippen MR) is 79.4 cm³/mol. The van der Waals surface area contributed by atoms with Crippen LogP contribution in [0.2, 0.25) is 0 Å². The number of hydrogen-bond acceptors (Lipinski definition) is 4. The van der Waals surface area contributed by atoms with Crippen molar-refractivity contribution in [2.24, 2.45) is 0 Å². The summed E-state index contributed by atoms with van der Waals surface area (Å²) in [5.41, 5.74) is 13.7. The molecule has 2 aromatic carbocycles. The van der Waals surface area contributed by atoms with E-state index in [0.717, 1.165) is 11.3 Å². The molecule has 5 nitrogen and oxygen atoms in total. The maximum atomic E-state index is 12.0. The van der Waals surface area contributed by atoms with E-state index in [4.69, 9.17) is 16.2 Å². The average Bonchev–Trinajstić information content (AvgIpc) is 2.44. The Labute approximate surface area is 117 Å². The fraction of sp³-hybridized carbons (Fsp3) is 0.133. The Hall–Kier alpha value is -2.69. The van der Waals surface area contributed by atoms with Crippen molar-refractivity contribution in [3.05, 3.63) is 53.6 Å². The first kappa shape index (κ1) is 13.7. The van der Waals surface area contributed by atoms with Gasteiger partial charge >= 0.3 is 0 Å². The van der Waals surface area contributed by atoms with Crippen LogP contribution in [0.15, 0.2) is 42.5 Å². The van der Waals surface area contributed by atoms with Gasteiger partial charge in [-0.1, -0.05) is 12.1 Å². The number of anilines is 2. The van der Waals surface area contributed by atoms with Gasteiger partial charge in [-0.2, -0.15) is 0 Å². The SMILES string of the molecule is COc1ccc(CNC(=O)c2cc(N)cc(N)c2)cc1. The number of carbonyl (C=O) groups excluding carboxylic acids is 1. The monoisotopic (exact) mass is 271 g/mol. The predicted octanol–water partition coefficient (Wildman–Crippen LogP) is 1.79. The summed E-state index contributed by atoms with van der Waals surface area (Å²) in [6.45, 7) is 0.428. The summed E-state index contributed by atoms with van der Waals surface area (Å²) < 4.78 is 5.08. The normalized spacial score (nSPS) is 10.1. The van der Waals surface area contributed by atoms with Crippen LogP contribution in [-0.2, 0) is 6.54 Å². The third kappa shape index (κ3) is 3.41. The van der Waals surface area contributed by atoms with Gasteiger partial charge in [0.25, 0.3) is 5.91 Å². The van der Waals surface area contributed by atoms with Crippen molar-refractivity contribution in [1.29, 1.82) is 0 Å². The van der Waals surface area contributed by atoms with Gasteiger partial charge in [0, 0.05) is 23.5 Å². The number of methoxy groups -OCH3 is 1. The van der Waals surface area contributed by atoms with Crippen LogP contribution in [0.3, 0.4) is 0 Å². The van der Waals surface area contributed by atoms with Gasteiger partial charge in [-0.25, -0.2) is 0 Å². The van der Waals surface area contributed by atoms with Crippen LogP contribution in [0, 0.1) is 0 Å². The van der Waals surface area contributed by atoms with Crippen LogP contribution < -0.4 is 21.5 Å². The number of nitrogen functional groups attached to an aromatic ring is 2. The highest BCUT2D eigenvalue weighted by Crippen LogP contribution is 2.14. The molecule has 0 heterocycles. The van der Waals surface area contributed by atoms with Gasteiger partial charge in [0.05, 0.1) is 7.11 Å². The molecule has 0 spiro atoms. The molecule has 2 rings (SSSR count). The zero-order chi connectivity index (χ0) is 14.5. The Balaban J connectivity index is 2.00. The summed E-state index contributed by atoms with van der Waals surface area (Å²) in [5.74, 6) is 0.573. The Morgan fingerprint density at radius 3 is 2.25 bits per heavy atom. The molecule has 0 aliphatic rings. The minimum absolute atomic E-state index is 0.209. The molecular weight excluding hydrogens is 254 g/mol. The average molecular weight is 271 g/mol. The molecule has 5 N–H and O–H groups in total. The van der Waals surface area contributed by atoms with Gasteiger partial charge in [0.15, 0.2) is 0 Å². The lowest BCUT2D eigenvalue weighted by Crippen LogP contribution is -2.23. The van der Waals surface area contributed by atoms with Crippen LogP contribution in [0.1, 0.15) is 15.9 Å². The highest BCUT2D eigenvalue weighted by molar-refractivity contribution is 5.96. The summed E-state index contributed by atoms with van der Waals surface area (Å²) >= 11 is 0. The Morgan fingerprint density at radius 1 is 1.10 bits per heavy atom. The number of amides is 1. The molecule has 0 aliphatic carbocycles. The standard InChI is InChI=1S/C15H17N3O2/c1-20-14-4-2-10(3-5-14)9-18-15(19)11-6-12(16)8-13(17)7-11/h2-8H,9,16-17H2,1H3,(H,18,19). The van der Waals surface area contributed by atoms with Gasteiger partial charge < -0.3 is 21.5 Å². The molecule has 0 saturated carbocycles. The number of carbonyl (C=O) groups is 1. The lowest BCUT2D eigenvalue weighted by molar-refractivity contribution is 0.0951. The van der Waals surface area contributed by atoms with Crippen LogP contribution in [0.5, 0.6) is 5.75 Å². The quantitative estimate of drug-likeness (QED) is 0.739. The first-order valence-corrected chi connectivity index (χ1v) is 6.15. The molecule has 1 amide bonds. The van der Waals surface area contributed by atoms with Crippen molar-refractivity contribution in [3.63, 3.8) is 0 Å². The molecular formula is C15H17N3O2. The van der Waals surface area contributed by atoms with Gasteiger partial charge in [0.1, 0.15) is 5.75 Å². The van der Waals surface area contributed by atoms with Gasteiger partial charge in [-0.15, -0.1) is 0 Å². The minimum atomic E-state index is -0.209. The molecule has 20 heavy (non-hydrogen) atoms. The topological polar surface area (TPSA) is 90.4 Å². The van der Waals surface area contributed by atoms with E-state index in [1.165, 1.54) is 0 Å². The summed E-state index contributed by atoms with van der Waals surface area (Å²) in [5, 5.41) is 2.82. The molecule has 0 aliphatic heterocycles. The van der Waals surface area contributed by atoms with Gasteiger partial charge in [-0.3, -0.25) is 4.79 Å². The number of nitrogens with one attached hydrogen (secondary N) is 1. The Bertz CT molecular complexity index is 589. The molecule has 104 valence electrons. The zero-order valence-electron chi connectivity index (χ0n) is 11.2. The fourth-order valence-corrected chi connectivity index (χ4v) is 1.84. The van der Waals surface area contributed by atoms with E-state index >= 15 is 0 Å². The molecule has 0 atom stereocenters. The van der Waals surface area contributed by atoms with Crippen molar-refractivity contribution >= 4 is 17.3 Å². The van der Waals surface area contributed by atoms with Crippen molar-refractivity contribution in [3.8, 4) is 5.75 Å². The third-order valence-electron chi connectivity index (χ3n) is 2.85.